The van der Waals surface area contributed by atoms with Gasteiger partial charge >= 0.3 is 5.97 Å². The summed E-state index contributed by atoms with van der Waals surface area (Å²) in [5, 5.41) is 3.06. The lowest BCUT2D eigenvalue weighted by Crippen LogP contribution is -2.33. The van der Waals surface area contributed by atoms with Crippen LogP contribution in [0.5, 0.6) is 0 Å². The molecular formula is C19H19NO3. The lowest BCUT2D eigenvalue weighted by atomic mass is 10.0. The van der Waals surface area contributed by atoms with E-state index in [4.69, 9.17) is 4.74 Å². The van der Waals surface area contributed by atoms with Crippen LogP contribution in [0.15, 0.2) is 54.6 Å². The van der Waals surface area contributed by atoms with Gasteiger partial charge in [-0.25, -0.2) is 0 Å². The zero-order valence-corrected chi connectivity index (χ0v) is 12.8. The van der Waals surface area contributed by atoms with Gasteiger partial charge in [-0.15, -0.1) is 0 Å². The summed E-state index contributed by atoms with van der Waals surface area (Å²) in [6.07, 6.45) is 1.74. The Labute approximate surface area is 135 Å². The number of carbonyl (C=O) groups excluding carboxylic acids is 2. The molecule has 3 rings (SSSR count). The minimum atomic E-state index is -0.336. The highest BCUT2D eigenvalue weighted by Crippen LogP contribution is 2.19. The molecule has 1 aliphatic rings. The number of ether oxygens (including phenoxy) is 1. The molecule has 23 heavy (non-hydrogen) atoms. The number of hydrogen-bond donors (Lipinski definition) is 1. The van der Waals surface area contributed by atoms with Crippen LogP contribution in [0, 0.1) is 0 Å². The summed E-state index contributed by atoms with van der Waals surface area (Å²) in [6, 6.07) is 17.1. The first kappa shape index (κ1) is 15.4. The van der Waals surface area contributed by atoms with E-state index in [0.29, 0.717) is 5.56 Å². The number of rotatable bonds is 5. The predicted molar refractivity (Wildman–Crippen MR) is 88.2 cm³/mol. The Kier molecular flexibility index (Phi) is 4.83. The van der Waals surface area contributed by atoms with Gasteiger partial charge in [0.2, 0.25) is 0 Å². The van der Waals surface area contributed by atoms with E-state index in [2.05, 4.69) is 5.32 Å². The lowest BCUT2D eigenvalue weighted by molar-refractivity contribution is -0.144. The van der Waals surface area contributed by atoms with Crippen LogP contribution in [-0.4, -0.2) is 30.9 Å². The third-order valence-corrected chi connectivity index (χ3v) is 4.00. The van der Waals surface area contributed by atoms with Crippen LogP contribution in [0.1, 0.15) is 23.2 Å². The second kappa shape index (κ2) is 7.20. The average molecular weight is 309 g/mol. The van der Waals surface area contributed by atoms with Crippen molar-refractivity contribution in [2.75, 3.05) is 13.2 Å². The molecule has 0 spiro atoms. The van der Waals surface area contributed by atoms with Gasteiger partial charge in [0.25, 0.3) is 0 Å². The molecule has 0 amide bonds. The van der Waals surface area contributed by atoms with Crippen LogP contribution >= 0.6 is 0 Å². The van der Waals surface area contributed by atoms with Crippen LogP contribution in [0.4, 0.5) is 0 Å². The lowest BCUT2D eigenvalue weighted by Gasteiger charge is -2.10. The molecule has 0 aromatic heterocycles. The number of carbonyl (C=O) groups is 2. The molecule has 1 unspecified atom stereocenters. The van der Waals surface area contributed by atoms with E-state index < -0.39 is 0 Å². The van der Waals surface area contributed by atoms with Crippen LogP contribution in [0.3, 0.4) is 0 Å². The Morgan fingerprint density at radius 1 is 1.00 bits per heavy atom. The largest absolute Gasteiger partial charge is 0.456 e. The first-order valence-electron chi connectivity index (χ1n) is 7.83. The fraction of sp³-hybridized carbons (Fsp3) is 0.263. The smallest absolute Gasteiger partial charge is 0.323 e. The highest BCUT2D eigenvalue weighted by molar-refractivity contribution is 5.98. The second-order valence-corrected chi connectivity index (χ2v) is 5.62. The van der Waals surface area contributed by atoms with Gasteiger partial charge in [-0.3, -0.25) is 9.59 Å². The van der Waals surface area contributed by atoms with Crippen molar-refractivity contribution in [2.45, 2.75) is 18.9 Å². The van der Waals surface area contributed by atoms with Crippen molar-refractivity contribution in [1.29, 1.82) is 0 Å². The Morgan fingerprint density at radius 2 is 1.70 bits per heavy atom. The zero-order valence-electron chi connectivity index (χ0n) is 12.8. The number of Topliss-reactive ketones (excluding diaryl/α,β-unsaturated/α-hetero) is 1. The maximum absolute atomic E-state index is 12.1. The highest BCUT2D eigenvalue weighted by atomic mass is 16.5. The van der Waals surface area contributed by atoms with Gasteiger partial charge in [0, 0.05) is 5.56 Å². The molecule has 4 nitrogen and oxygen atoms in total. The topological polar surface area (TPSA) is 55.4 Å². The third kappa shape index (κ3) is 3.85. The first-order chi connectivity index (χ1) is 11.2. The SMILES string of the molecule is O=C(COC(=O)C1CCCN1)c1ccc(-c2ccccc2)cc1. The van der Waals surface area contributed by atoms with Gasteiger partial charge in [0.05, 0.1) is 0 Å². The molecule has 0 bridgehead atoms. The summed E-state index contributed by atoms with van der Waals surface area (Å²) in [6.45, 7) is 0.621. The van der Waals surface area contributed by atoms with Crippen LogP contribution in [0.25, 0.3) is 11.1 Å². The summed E-state index contributed by atoms with van der Waals surface area (Å²) in [5.41, 5.74) is 2.70. The standard InChI is InChI=1S/C19H19NO3/c21-18(13-23-19(22)17-7-4-12-20-17)16-10-8-15(9-11-16)14-5-2-1-3-6-14/h1-3,5-6,8-11,17,20H,4,7,12-13H2. The maximum Gasteiger partial charge on any atom is 0.323 e. The van der Waals surface area contributed by atoms with Gasteiger partial charge in [0.1, 0.15) is 6.04 Å². The Balaban J connectivity index is 1.58. The van der Waals surface area contributed by atoms with Crippen molar-refractivity contribution in [1.82, 2.24) is 5.32 Å². The molecular weight excluding hydrogens is 290 g/mol. The first-order valence-corrected chi connectivity index (χ1v) is 7.83. The molecule has 1 heterocycles. The fourth-order valence-electron chi connectivity index (χ4n) is 2.69. The zero-order chi connectivity index (χ0) is 16.1. The number of nitrogens with one attached hydrogen (secondary N) is 1. The number of ketones is 1. The van der Waals surface area contributed by atoms with E-state index in [-0.39, 0.29) is 24.4 Å². The minimum absolute atomic E-state index is 0.184. The molecule has 1 N–H and O–H groups in total. The molecule has 4 heteroatoms. The van der Waals surface area contributed by atoms with Crippen molar-refractivity contribution in [2.24, 2.45) is 0 Å². The molecule has 1 saturated heterocycles. The van der Waals surface area contributed by atoms with Crippen LogP contribution < -0.4 is 5.32 Å². The normalized spacial score (nSPS) is 17.0. The number of benzene rings is 2. The van der Waals surface area contributed by atoms with E-state index in [9.17, 15) is 9.59 Å². The Bertz CT molecular complexity index is 674. The van der Waals surface area contributed by atoms with E-state index in [1.165, 1.54) is 0 Å². The van der Waals surface area contributed by atoms with Gasteiger partial charge < -0.3 is 10.1 Å². The number of hydrogen-bond acceptors (Lipinski definition) is 4. The molecule has 0 saturated carbocycles. The van der Waals surface area contributed by atoms with E-state index in [1.807, 2.05) is 42.5 Å². The van der Waals surface area contributed by atoms with Crippen molar-refractivity contribution >= 4 is 11.8 Å². The molecule has 1 atom stereocenters. The van der Waals surface area contributed by atoms with E-state index in [1.54, 1.807) is 12.1 Å². The minimum Gasteiger partial charge on any atom is -0.456 e. The molecule has 118 valence electrons. The summed E-state index contributed by atoms with van der Waals surface area (Å²) in [5.74, 6) is -0.521. The molecule has 2 aromatic carbocycles. The summed E-state index contributed by atoms with van der Waals surface area (Å²) in [4.78, 5) is 23.9. The summed E-state index contributed by atoms with van der Waals surface area (Å²) >= 11 is 0. The highest BCUT2D eigenvalue weighted by Gasteiger charge is 2.24. The molecule has 0 aliphatic carbocycles. The van der Waals surface area contributed by atoms with Crippen LogP contribution in [0.2, 0.25) is 0 Å². The monoisotopic (exact) mass is 309 g/mol. The quantitative estimate of drug-likeness (QED) is 0.681. The Hall–Kier alpha value is -2.46. The van der Waals surface area contributed by atoms with Gasteiger partial charge in [-0.05, 0) is 30.5 Å². The molecule has 1 fully saturated rings. The number of esters is 1. The van der Waals surface area contributed by atoms with Crippen molar-refractivity contribution < 1.29 is 14.3 Å². The van der Waals surface area contributed by atoms with Gasteiger partial charge in [0.15, 0.2) is 12.4 Å². The summed E-state index contributed by atoms with van der Waals surface area (Å²) < 4.78 is 5.11. The van der Waals surface area contributed by atoms with Gasteiger partial charge in [-0.1, -0.05) is 54.6 Å². The van der Waals surface area contributed by atoms with Crippen molar-refractivity contribution in [3.63, 3.8) is 0 Å². The predicted octanol–water partition coefficient (Wildman–Crippen LogP) is 2.83. The molecule has 1 aliphatic heterocycles. The maximum atomic E-state index is 12.1. The third-order valence-electron chi connectivity index (χ3n) is 4.00. The molecule has 2 aromatic rings. The van der Waals surface area contributed by atoms with E-state index in [0.717, 1.165) is 30.5 Å². The van der Waals surface area contributed by atoms with Crippen LogP contribution in [-0.2, 0) is 9.53 Å². The van der Waals surface area contributed by atoms with Gasteiger partial charge in [-0.2, -0.15) is 0 Å². The summed E-state index contributed by atoms with van der Waals surface area (Å²) in [7, 11) is 0. The van der Waals surface area contributed by atoms with Crippen molar-refractivity contribution in [3.05, 3.63) is 60.2 Å². The van der Waals surface area contributed by atoms with Crippen molar-refractivity contribution in [3.8, 4) is 11.1 Å². The fourth-order valence-corrected chi connectivity index (χ4v) is 2.69. The average Bonchev–Trinajstić information content (AvgIpc) is 3.15. The molecule has 0 radical (unpaired) electrons. The second-order valence-electron chi connectivity index (χ2n) is 5.62. The Morgan fingerprint density at radius 3 is 2.35 bits per heavy atom. The van der Waals surface area contributed by atoms with E-state index >= 15 is 0 Å².